The molecule has 6 heteroatoms. The maximum atomic E-state index is 12.6. The third-order valence-electron chi connectivity index (χ3n) is 4.17. The third kappa shape index (κ3) is 3.64. The summed E-state index contributed by atoms with van der Waals surface area (Å²) in [5.74, 6) is 0.545. The fourth-order valence-electron chi connectivity index (χ4n) is 2.78. The Kier molecular flexibility index (Phi) is 4.06. The van der Waals surface area contributed by atoms with Crippen LogP contribution in [-0.4, -0.2) is 25.7 Å². The molecule has 116 valence electrons. The summed E-state index contributed by atoms with van der Waals surface area (Å²) in [6.45, 7) is 2.69. The zero-order valence-corrected chi connectivity index (χ0v) is 12.3. The smallest absolute Gasteiger partial charge is 0.370 e. The van der Waals surface area contributed by atoms with Crippen molar-refractivity contribution in [1.29, 1.82) is 0 Å². The summed E-state index contributed by atoms with van der Waals surface area (Å²) in [5, 5.41) is 3.69. The highest BCUT2D eigenvalue weighted by Gasteiger charge is 2.32. The highest BCUT2D eigenvalue weighted by atomic mass is 35.5. The average molecular weight is 319 g/mol. The molecule has 1 aliphatic heterocycles. The van der Waals surface area contributed by atoms with E-state index in [0.717, 1.165) is 38.2 Å². The molecule has 1 saturated heterocycles. The predicted octanol–water partition coefficient (Wildman–Crippen LogP) is 3.94. The van der Waals surface area contributed by atoms with Crippen LogP contribution >= 0.6 is 11.6 Å². The first kappa shape index (κ1) is 15.0. The van der Waals surface area contributed by atoms with Gasteiger partial charge in [-0.25, -0.2) is 0 Å². The lowest BCUT2D eigenvalue weighted by Gasteiger charge is -2.21. The van der Waals surface area contributed by atoms with E-state index in [9.17, 15) is 13.2 Å². The van der Waals surface area contributed by atoms with Crippen LogP contribution in [0.15, 0.2) is 18.2 Å². The molecule has 2 nitrogen and oxygen atoms in total. The van der Waals surface area contributed by atoms with Crippen LogP contribution in [0.2, 0.25) is 5.02 Å². The van der Waals surface area contributed by atoms with Crippen LogP contribution in [0.5, 0.6) is 0 Å². The average Bonchev–Trinajstić information content (AvgIpc) is 3.13. The lowest BCUT2D eigenvalue weighted by molar-refractivity contribution is -0.137. The number of hydrogen-bond donors (Lipinski definition) is 1. The summed E-state index contributed by atoms with van der Waals surface area (Å²) >= 11 is 6.04. The third-order valence-corrected chi connectivity index (χ3v) is 4.48. The van der Waals surface area contributed by atoms with Crippen molar-refractivity contribution in [2.75, 3.05) is 24.5 Å². The molecule has 0 bridgehead atoms. The number of nitrogens with zero attached hydrogens (tertiary/aromatic N) is 1. The van der Waals surface area contributed by atoms with E-state index in [0.29, 0.717) is 17.6 Å². The monoisotopic (exact) mass is 318 g/mol. The molecule has 21 heavy (non-hydrogen) atoms. The van der Waals surface area contributed by atoms with Crippen molar-refractivity contribution in [3.63, 3.8) is 0 Å². The van der Waals surface area contributed by atoms with E-state index in [1.54, 1.807) is 0 Å². The second-order valence-corrected chi connectivity index (χ2v) is 6.35. The van der Waals surface area contributed by atoms with Gasteiger partial charge < -0.3 is 10.2 Å². The summed E-state index contributed by atoms with van der Waals surface area (Å²) in [4.78, 5) is 2.09. The minimum Gasteiger partial charge on any atom is -0.370 e. The van der Waals surface area contributed by atoms with Crippen molar-refractivity contribution in [2.24, 2.45) is 5.92 Å². The molecular weight excluding hydrogens is 301 g/mol. The molecule has 1 N–H and O–H groups in total. The Labute approximate surface area is 127 Å². The largest absolute Gasteiger partial charge is 0.416 e. The van der Waals surface area contributed by atoms with Gasteiger partial charge in [0.05, 0.1) is 16.3 Å². The van der Waals surface area contributed by atoms with Gasteiger partial charge in [0.15, 0.2) is 0 Å². The Bertz CT molecular complexity index is 514. The van der Waals surface area contributed by atoms with Gasteiger partial charge in [-0.05, 0) is 49.9 Å². The normalized spacial score (nSPS) is 22.9. The Morgan fingerprint density at radius 3 is 2.62 bits per heavy atom. The number of halogens is 4. The van der Waals surface area contributed by atoms with Gasteiger partial charge in [-0.3, -0.25) is 0 Å². The molecule has 1 heterocycles. The van der Waals surface area contributed by atoms with Gasteiger partial charge in [0.25, 0.3) is 0 Å². The van der Waals surface area contributed by atoms with Crippen molar-refractivity contribution in [2.45, 2.75) is 31.5 Å². The van der Waals surface area contributed by atoms with Crippen molar-refractivity contribution >= 4 is 17.3 Å². The van der Waals surface area contributed by atoms with E-state index >= 15 is 0 Å². The quantitative estimate of drug-likeness (QED) is 0.904. The molecule has 2 aliphatic rings. The molecule has 1 aliphatic carbocycles. The van der Waals surface area contributed by atoms with Crippen LogP contribution < -0.4 is 10.2 Å². The van der Waals surface area contributed by atoms with Crippen LogP contribution in [0, 0.1) is 5.92 Å². The number of anilines is 1. The molecule has 3 rings (SSSR count). The second kappa shape index (κ2) is 5.69. The minimum atomic E-state index is -4.34. The second-order valence-electron chi connectivity index (χ2n) is 5.95. The van der Waals surface area contributed by atoms with E-state index in [-0.39, 0.29) is 5.02 Å². The number of alkyl halides is 3. The Hall–Kier alpha value is -0.940. The van der Waals surface area contributed by atoms with Crippen molar-refractivity contribution in [3.8, 4) is 0 Å². The first-order valence-corrected chi connectivity index (χ1v) is 7.66. The van der Waals surface area contributed by atoms with Gasteiger partial charge >= 0.3 is 6.18 Å². The van der Waals surface area contributed by atoms with Crippen LogP contribution in [-0.2, 0) is 6.18 Å². The summed E-state index contributed by atoms with van der Waals surface area (Å²) in [6, 6.07) is 4.31. The van der Waals surface area contributed by atoms with Crippen molar-refractivity contribution in [3.05, 3.63) is 28.8 Å². The van der Waals surface area contributed by atoms with E-state index < -0.39 is 11.7 Å². The molecule has 2 fully saturated rings. The predicted molar refractivity (Wildman–Crippen MR) is 77.8 cm³/mol. The van der Waals surface area contributed by atoms with Crippen molar-refractivity contribution < 1.29 is 13.2 Å². The summed E-state index contributed by atoms with van der Waals surface area (Å²) < 4.78 is 37.9. The number of hydrogen-bond acceptors (Lipinski definition) is 2. The van der Waals surface area contributed by atoms with Gasteiger partial charge in [-0.1, -0.05) is 11.6 Å². The molecule has 0 radical (unpaired) electrons. The summed E-state index contributed by atoms with van der Waals surface area (Å²) in [7, 11) is 0. The Morgan fingerprint density at radius 2 is 2.00 bits per heavy atom. The van der Waals surface area contributed by atoms with E-state index in [2.05, 4.69) is 10.2 Å². The standard InChI is InChI=1S/C15H18ClF3N2/c16-13-7-11(15(17,18)19)1-4-14(13)21-6-5-10(9-21)8-20-12-2-3-12/h1,4,7,10,12,20H,2-3,5-6,8-9H2. The van der Waals surface area contributed by atoms with Crippen molar-refractivity contribution in [1.82, 2.24) is 5.32 Å². The van der Waals surface area contributed by atoms with E-state index in [4.69, 9.17) is 11.6 Å². The number of rotatable bonds is 4. The Morgan fingerprint density at radius 1 is 1.24 bits per heavy atom. The zero-order chi connectivity index (χ0) is 15.0. The van der Waals surface area contributed by atoms with Crippen LogP contribution in [0.25, 0.3) is 0 Å². The fourth-order valence-corrected chi connectivity index (χ4v) is 3.08. The molecule has 1 atom stereocenters. The molecule has 1 aromatic rings. The minimum absolute atomic E-state index is 0.181. The van der Waals surface area contributed by atoms with E-state index in [1.165, 1.54) is 18.9 Å². The van der Waals surface area contributed by atoms with E-state index in [1.807, 2.05) is 0 Å². The number of benzene rings is 1. The maximum absolute atomic E-state index is 12.6. The molecule has 1 saturated carbocycles. The van der Waals surface area contributed by atoms with Gasteiger partial charge in [-0.15, -0.1) is 0 Å². The lowest BCUT2D eigenvalue weighted by Crippen LogP contribution is -2.27. The molecule has 1 aromatic carbocycles. The fraction of sp³-hybridized carbons (Fsp3) is 0.600. The van der Waals surface area contributed by atoms with Gasteiger partial charge in [-0.2, -0.15) is 13.2 Å². The first-order chi connectivity index (χ1) is 9.93. The molecule has 1 unspecified atom stereocenters. The van der Waals surface area contributed by atoms with Crippen LogP contribution in [0.4, 0.5) is 18.9 Å². The highest BCUT2D eigenvalue weighted by Crippen LogP contribution is 2.36. The summed E-state index contributed by atoms with van der Waals surface area (Å²) in [6.07, 6.45) is -0.761. The number of nitrogens with one attached hydrogen (secondary N) is 1. The topological polar surface area (TPSA) is 15.3 Å². The molecule has 0 amide bonds. The molecule has 0 spiro atoms. The lowest BCUT2D eigenvalue weighted by atomic mass is 10.1. The van der Waals surface area contributed by atoms with Gasteiger partial charge in [0.1, 0.15) is 0 Å². The van der Waals surface area contributed by atoms with Gasteiger partial charge in [0, 0.05) is 19.1 Å². The SMILES string of the molecule is FC(F)(F)c1ccc(N2CCC(CNC3CC3)C2)c(Cl)c1. The highest BCUT2D eigenvalue weighted by molar-refractivity contribution is 6.33. The van der Waals surface area contributed by atoms with Crippen LogP contribution in [0.1, 0.15) is 24.8 Å². The maximum Gasteiger partial charge on any atom is 0.416 e. The molecule has 0 aromatic heterocycles. The Balaban J connectivity index is 1.64. The van der Waals surface area contributed by atoms with Crippen LogP contribution in [0.3, 0.4) is 0 Å². The van der Waals surface area contributed by atoms with Gasteiger partial charge in [0.2, 0.25) is 0 Å². The zero-order valence-electron chi connectivity index (χ0n) is 11.6. The first-order valence-electron chi connectivity index (χ1n) is 7.28. The molecular formula is C15H18ClF3N2. The summed E-state index contributed by atoms with van der Waals surface area (Å²) in [5.41, 5.74) is 0.0148.